The van der Waals surface area contributed by atoms with Crippen LogP contribution < -0.4 is 5.32 Å². The molecule has 0 spiro atoms. The molecule has 0 aromatic heterocycles. The molecule has 2 aromatic rings. The molecule has 1 aliphatic carbocycles. The van der Waals surface area contributed by atoms with E-state index in [9.17, 15) is 4.79 Å². The number of benzene rings is 2. The summed E-state index contributed by atoms with van der Waals surface area (Å²) >= 11 is 6.85. The van der Waals surface area contributed by atoms with E-state index in [1.807, 2.05) is 36.4 Å². The molecule has 1 atom stereocenters. The molecule has 4 heteroatoms. The van der Waals surface area contributed by atoms with Gasteiger partial charge in [-0.2, -0.15) is 0 Å². The van der Waals surface area contributed by atoms with Crippen LogP contribution in [0.1, 0.15) is 34.8 Å². The molecule has 1 saturated carbocycles. The fraction of sp³-hybridized carbons (Fsp3) is 0.235. The smallest absolute Gasteiger partial charge is 0.251 e. The van der Waals surface area contributed by atoms with Crippen molar-refractivity contribution in [1.82, 2.24) is 5.32 Å². The predicted octanol–water partition coefficient (Wildman–Crippen LogP) is 5.09. The van der Waals surface area contributed by atoms with E-state index in [4.69, 9.17) is 0 Å². The Morgan fingerprint density at radius 1 is 1.05 bits per heavy atom. The third kappa shape index (κ3) is 3.74. The number of rotatable bonds is 4. The summed E-state index contributed by atoms with van der Waals surface area (Å²) in [6, 6.07) is 15.9. The molecular weight excluding hydrogens is 394 g/mol. The maximum Gasteiger partial charge on any atom is 0.251 e. The lowest BCUT2D eigenvalue weighted by Gasteiger charge is -2.19. The average molecular weight is 409 g/mol. The lowest BCUT2D eigenvalue weighted by atomic mass is 10.0. The standard InChI is InChI=1S/C17H15Br2NO/c18-14-8-13(9-15(19)10-14)17(21)20-16(12-6-7-12)11-4-2-1-3-5-11/h1-5,8-10,12,16H,6-7H2,(H,20,21). The number of nitrogens with one attached hydrogen (secondary N) is 1. The van der Waals surface area contributed by atoms with E-state index in [-0.39, 0.29) is 11.9 Å². The molecule has 0 radical (unpaired) electrons. The van der Waals surface area contributed by atoms with Crippen molar-refractivity contribution in [2.75, 3.05) is 0 Å². The molecule has 2 nitrogen and oxygen atoms in total. The van der Waals surface area contributed by atoms with Crippen molar-refractivity contribution in [3.8, 4) is 0 Å². The summed E-state index contributed by atoms with van der Waals surface area (Å²) in [7, 11) is 0. The van der Waals surface area contributed by atoms with Gasteiger partial charge in [-0.3, -0.25) is 4.79 Å². The van der Waals surface area contributed by atoms with Crippen LogP contribution in [0, 0.1) is 5.92 Å². The van der Waals surface area contributed by atoms with Crippen LogP contribution in [0.15, 0.2) is 57.5 Å². The topological polar surface area (TPSA) is 29.1 Å². The van der Waals surface area contributed by atoms with Gasteiger partial charge in [0.05, 0.1) is 6.04 Å². The van der Waals surface area contributed by atoms with Crippen LogP contribution in [0.2, 0.25) is 0 Å². The number of hydrogen-bond acceptors (Lipinski definition) is 1. The van der Waals surface area contributed by atoms with Gasteiger partial charge in [-0.1, -0.05) is 62.2 Å². The van der Waals surface area contributed by atoms with E-state index in [1.165, 1.54) is 18.4 Å². The lowest BCUT2D eigenvalue weighted by Crippen LogP contribution is -2.29. The van der Waals surface area contributed by atoms with Crippen LogP contribution in [0.5, 0.6) is 0 Å². The molecule has 1 unspecified atom stereocenters. The van der Waals surface area contributed by atoms with Gasteiger partial charge in [-0.05, 0) is 42.5 Å². The van der Waals surface area contributed by atoms with Crippen molar-refractivity contribution in [1.29, 1.82) is 0 Å². The summed E-state index contributed by atoms with van der Waals surface area (Å²) in [6.07, 6.45) is 2.37. The van der Waals surface area contributed by atoms with Gasteiger partial charge < -0.3 is 5.32 Å². The second-order valence-corrected chi connectivity index (χ2v) is 7.19. The Morgan fingerprint density at radius 2 is 1.67 bits per heavy atom. The van der Waals surface area contributed by atoms with Gasteiger partial charge in [0.15, 0.2) is 0 Å². The summed E-state index contributed by atoms with van der Waals surface area (Å²) in [6.45, 7) is 0. The normalized spacial score (nSPS) is 15.5. The Hall–Kier alpha value is -1.13. The van der Waals surface area contributed by atoms with Crippen molar-refractivity contribution < 1.29 is 4.79 Å². The zero-order valence-corrected chi connectivity index (χ0v) is 14.5. The van der Waals surface area contributed by atoms with Crippen LogP contribution in [0.4, 0.5) is 0 Å². The molecule has 0 heterocycles. The zero-order valence-electron chi connectivity index (χ0n) is 11.4. The third-order valence-corrected chi connectivity index (χ3v) is 4.58. The largest absolute Gasteiger partial charge is 0.345 e. The lowest BCUT2D eigenvalue weighted by molar-refractivity contribution is 0.0931. The first-order valence-electron chi connectivity index (χ1n) is 6.95. The third-order valence-electron chi connectivity index (χ3n) is 3.66. The van der Waals surface area contributed by atoms with Gasteiger partial charge in [0.25, 0.3) is 5.91 Å². The highest BCUT2D eigenvalue weighted by Crippen LogP contribution is 2.41. The number of carbonyl (C=O) groups excluding carboxylic acids is 1. The Labute approximate surface area is 141 Å². The van der Waals surface area contributed by atoms with Gasteiger partial charge in [0, 0.05) is 14.5 Å². The molecule has 21 heavy (non-hydrogen) atoms. The van der Waals surface area contributed by atoms with Crippen molar-refractivity contribution in [2.24, 2.45) is 5.92 Å². The predicted molar refractivity (Wildman–Crippen MR) is 91.2 cm³/mol. The quantitative estimate of drug-likeness (QED) is 0.749. The second-order valence-electron chi connectivity index (χ2n) is 5.36. The molecular formula is C17H15Br2NO. The summed E-state index contributed by atoms with van der Waals surface area (Å²) in [5.41, 5.74) is 1.85. The summed E-state index contributed by atoms with van der Waals surface area (Å²) in [4.78, 5) is 12.5. The average Bonchev–Trinajstić information content (AvgIpc) is 3.29. The summed E-state index contributed by atoms with van der Waals surface area (Å²) in [5.74, 6) is 0.532. The monoisotopic (exact) mass is 407 g/mol. The van der Waals surface area contributed by atoms with E-state index in [0.717, 1.165) is 8.95 Å². The summed E-state index contributed by atoms with van der Waals surface area (Å²) < 4.78 is 1.79. The molecule has 2 aromatic carbocycles. The van der Waals surface area contributed by atoms with E-state index in [2.05, 4.69) is 49.3 Å². The highest BCUT2D eigenvalue weighted by molar-refractivity contribution is 9.11. The maximum absolute atomic E-state index is 12.5. The highest BCUT2D eigenvalue weighted by Gasteiger charge is 2.33. The fourth-order valence-electron chi connectivity index (χ4n) is 2.47. The molecule has 0 bridgehead atoms. The van der Waals surface area contributed by atoms with Crippen LogP contribution in [0.25, 0.3) is 0 Å². The van der Waals surface area contributed by atoms with Gasteiger partial charge in [-0.15, -0.1) is 0 Å². The molecule has 0 saturated heterocycles. The molecule has 1 amide bonds. The number of hydrogen-bond donors (Lipinski definition) is 1. The van der Waals surface area contributed by atoms with Crippen LogP contribution in [-0.4, -0.2) is 5.91 Å². The van der Waals surface area contributed by atoms with Gasteiger partial charge >= 0.3 is 0 Å². The van der Waals surface area contributed by atoms with Crippen LogP contribution >= 0.6 is 31.9 Å². The minimum absolute atomic E-state index is 0.0299. The van der Waals surface area contributed by atoms with Gasteiger partial charge in [0.1, 0.15) is 0 Å². The van der Waals surface area contributed by atoms with E-state index in [0.29, 0.717) is 11.5 Å². The van der Waals surface area contributed by atoms with Crippen LogP contribution in [0.3, 0.4) is 0 Å². The minimum atomic E-state index is -0.0299. The SMILES string of the molecule is O=C(NC(c1ccccc1)C1CC1)c1cc(Br)cc(Br)c1. The molecule has 1 N–H and O–H groups in total. The molecule has 1 aliphatic rings. The van der Waals surface area contributed by atoms with Crippen molar-refractivity contribution in [2.45, 2.75) is 18.9 Å². The number of halogens is 2. The minimum Gasteiger partial charge on any atom is -0.345 e. The molecule has 3 rings (SSSR count). The zero-order chi connectivity index (χ0) is 14.8. The molecule has 0 aliphatic heterocycles. The fourth-order valence-corrected chi connectivity index (χ4v) is 3.77. The Kier molecular flexibility index (Phi) is 4.45. The number of carbonyl (C=O) groups is 1. The van der Waals surface area contributed by atoms with Crippen molar-refractivity contribution >= 4 is 37.8 Å². The second kappa shape index (κ2) is 6.32. The highest BCUT2D eigenvalue weighted by atomic mass is 79.9. The summed E-state index contributed by atoms with van der Waals surface area (Å²) in [5, 5.41) is 3.19. The van der Waals surface area contributed by atoms with Crippen molar-refractivity contribution in [3.05, 3.63) is 68.6 Å². The number of amides is 1. The Balaban J connectivity index is 1.81. The van der Waals surface area contributed by atoms with Gasteiger partial charge in [-0.25, -0.2) is 0 Å². The van der Waals surface area contributed by atoms with E-state index >= 15 is 0 Å². The maximum atomic E-state index is 12.5. The van der Waals surface area contributed by atoms with Gasteiger partial charge in [0.2, 0.25) is 0 Å². The molecule has 1 fully saturated rings. The van der Waals surface area contributed by atoms with Crippen molar-refractivity contribution in [3.63, 3.8) is 0 Å². The molecule has 108 valence electrons. The van der Waals surface area contributed by atoms with Crippen LogP contribution in [-0.2, 0) is 0 Å². The first kappa shape index (κ1) is 14.8. The van der Waals surface area contributed by atoms with E-state index in [1.54, 1.807) is 0 Å². The van der Waals surface area contributed by atoms with E-state index < -0.39 is 0 Å². The Morgan fingerprint density at radius 3 is 2.24 bits per heavy atom. The Bertz CT molecular complexity index is 633. The first-order valence-corrected chi connectivity index (χ1v) is 8.54. The first-order chi connectivity index (χ1) is 10.1.